The van der Waals surface area contributed by atoms with E-state index in [-0.39, 0.29) is 17.3 Å². The van der Waals surface area contributed by atoms with E-state index in [0.717, 1.165) is 31.2 Å². The van der Waals surface area contributed by atoms with Crippen LogP contribution in [0.4, 0.5) is 13.2 Å². The molecule has 0 radical (unpaired) electrons. The molecule has 1 saturated carbocycles. The number of benzene rings is 2. The molecule has 0 saturated heterocycles. The first kappa shape index (κ1) is 19.5. The number of rotatable bonds is 5. The molecule has 0 aromatic heterocycles. The summed E-state index contributed by atoms with van der Waals surface area (Å²) in [5.74, 6) is -0.738. The van der Waals surface area contributed by atoms with Crippen molar-refractivity contribution in [3.8, 4) is 5.75 Å². The molecule has 1 aliphatic rings. The molecular formula is C23H25F3O. The van der Waals surface area contributed by atoms with E-state index in [0.29, 0.717) is 23.8 Å². The van der Waals surface area contributed by atoms with Crippen molar-refractivity contribution in [2.45, 2.75) is 45.4 Å². The van der Waals surface area contributed by atoms with Crippen LogP contribution < -0.4 is 4.74 Å². The van der Waals surface area contributed by atoms with Gasteiger partial charge in [-0.2, -0.15) is 0 Å². The highest BCUT2D eigenvalue weighted by Crippen LogP contribution is 2.38. The molecule has 2 aromatic carbocycles. The summed E-state index contributed by atoms with van der Waals surface area (Å²) in [5.41, 5.74) is 1.33. The highest BCUT2D eigenvalue weighted by atomic mass is 19.2. The van der Waals surface area contributed by atoms with Gasteiger partial charge < -0.3 is 4.74 Å². The van der Waals surface area contributed by atoms with Gasteiger partial charge in [0.2, 0.25) is 0 Å². The van der Waals surface area contributed by atoms with Gasteiger partial charge in [0.25, 0.3) is 0 Å². The van der Waals surface area contributed by atoms with Crippen LogP contribution in [0.25, 0.3) is 6.08 Å². The number of aryl methyl sites for hydroxylation is 1. The molecule has 0 bridgehead atoms. The van der Waals surface area contributed by atoms with Crippen LogP contribution in [0.3, 0.4) is 0 Å². The minimum atomic E-state index is -0.795. The second kappa shape index (κ2) is 8.64. The highest BCUT2D eigenvalue weighted by Gasteiger charge is 2.23. The molecule has 0 unspecified atom stereocenters. The van der Waals surface area contributed by atoms with Crippen LogP contribution >= 0.6 is 0 Å². The molecule has 27 heavy (non-hydrogen) atoms. The number of hydrogen-bond acceptors (Lipinski definition) is 1. The summed E-state index contributed by atoms with van der Waals surface area (Å²) in [6.07, 6.45) is 7.20. The Hall–Kier alpha value is -2.23. The summed E-state index contributed by atoms with van der Waals surface area (Å²) < 4.78 is 47.3. The average Bonchev–Trinajstić information content (AvgIpc) is 2.67. The Bertz CT molecular complexity index is 821. The Morgan fingerprint density at radius 1 is 1.00 bits per heavy atom. The summed E-state index contributed by atoms with van der Waals surface area (Å²) in [6.45, 7) is 3.94. The predicted octanol–water partition coefficient (Wildman–Crippen LogP) is 6.80. The van der Waals surface area contributed by atoms with Crippen molar-refractivity contribution in [3.05, 3.63) is 70.5 Å². The topological polar surface area (TPSA) is 9.23 Å². The van der Waals surface area contributed by atoms with Crippen LogP contribution in [0.2, 0.25) is 0 Å². The number of allylic oxidation sites excluding steroid dienone is 1. The quantitative estimate of drug-likeness (QED) is 0.559. The summed E-state index contributed by atoms with van der Waals surface area (Å²) in [5, 5.41) is 0. The standard InChI is InChI=1S/C23H25F3O/c1-3-27-19-12-13-20(21(24)14-19)17-9-5-16(6-10-17)7-11-18-8-4-15(2)22(25)23(18)26/h4,7-8,11-14,16-17H,3,5-6,9-10H2,1-2H3/b11-7+. The van der Waals surface area contributed by atoms with Crippen LogP contribution in [0, 0.1) is 30.3 Å². The number of halogens is 3. The van der Waals surface area contributed by atoms with E-state index in [9.17, 15) is 13.2 Å². The van der Waals surface area contributed by atoms with E-state index in [1.54, 1.807) is 25.1 Å². The Labute approximate surface area is 158 Å². The van der Waals surface area contributed by atoms with Crippen LogP contribution in [-0.2, 0) is 0 Å². The van der Waals surface area contributed by atoms with E-state index in [1.165, 1.54) is 6.07 Å². The van der Waals surface area contributed by atoms with Gasteiger partial charge in [-0.15, -0.1) is 0 Å². The SMILES string of the molecule is CCOc1ccc(C2CCC(/C=C/c3ccc(C)c(F)c3F)CC2)c(F)c1. The zero-order valence-corrected chi connectivity index (χ0v) is 15.8. The molecular weight excluding hydrogens is 349 g/mol. The van der Waals surface area contributed by atoms with Gasteiger partial charge in [-0.25, -0.2) is 13.2 Å². The highest BCUT2D eigenvalue weighted by molar-refractivity contribution is 5.51. The third-order valence-corrected chi connectivity index (χ3v) is 5.35. The fourth-order valence-electron chi connectivity index (χ4n) is 3.75. The molecule has 1 aliphatic carbocycles. The van der Waals surface area contributed by atoms with Gasteiger partial charge in [-0.05, 0) is 68.6 Å². The van der Waals surface area contributed by atoms with Crippen LogP contribution in [0.1, 0.15) is 55.2 Å². The molecule has 2 aromatic rings. The molecule has 0 spiro atoms. The lowest BCUT2D eigenvalue weighted by Crippen LogP contribution is -2.13. The van der Waals surface area contributed by atoms with E-state index < -0.39 is 11.6 Å². The molecule has 4 heteroatoms. The van der Waals surface area contributed by atoms with E-state index in [1.807, 2.05) is 25.1 Å². The Balaban J connectivity index is 1.62. The van der Waals surface area contributed by atoms with Gasteiger partial charge in [-0.3, -0.25) is 0 Å². The zero-order valence-electron chi connectivity index (χ0n) is 15.8. The number of hydrogen-bond donors (Lipinski definition) is 0. The molecule has 1 fully saturated rings. The van der Waals surface area contributed by atoms with Crippen molar-refractivity contribution in [2.75, 3.05) is 6.61 Å². The minimum absolute atomic E-state index is 0.193. The first-order valence-corrected chi connectivity index (χ1v) is 9.54. The fraction of sp³-hybridized carbons (Fsp3) is 0.391. The van der Waals surface area contributed by atoms with Gasteiger partial charge in [0.05, 0.1) is 6.61 Å². The smallest absolute Gasteiger partial charge is 0.166 e. The average molecular weight is 374 g/mol. The Morgan fingerprint density at radius 3 is 2.41 bits per heavy atom. The second-order valence-electron chi connectivity index (χ2n) is 7.19. The van der Waals surface area contributed by atoms with Gasteiger partial charge in [-0.1, -0.05) is 30.4 Å². The third kappa shape index (κ3) is 4.55. The predicted molar refractivity (Wildman–Crippen MR) is 102 cm³/mol. The van der Waals surface area contributed by atoms with Crippen molar-refractivity contribution >= 4 is 6.08 Å². The van der Waals surface area contributed by atoms with Crippen LogP contribution in [0.5, 0.6) is 5.75 Å². The van der Waals surface area contributed by atoms with Crippen molar-refractivity contribution in [2.24, 2.45) is 5.92 Å². The zero-order chi connectivity index (χ0) is 19.4. The van der Waals surface area contributed by atoms with Crippen molar-refractivity contribution in [1.82, 2.24) is 0 Å². The third-order valence-electron chi connectivity index (χ3n) is 5.35. The summed E-state index contributed by atoms with van der Waals surface area (Å²) in [7, 11) is 0. The Kier molecular flexibility index (Phi) is 6.25. The maximum Gasteiger partial charge on any atom is 0.166 e. The van der Waals surface area contributed by atoms with E-state index >= 15 is 0 Å². The lowest BCUT2D eigenvalue weighted by Gasteiger charge is -2.27. The largest absolute Gasteiger partial charge is 0.494 e. The van der Waals surface area contributed by atoms with Crippen molar-refractivity contribution in [1.29, 1.82) is 0 Å². The molecule has 0 aliphatic heterocycles. The first-order valence-electron chi connectivity index (χ1n) is 9.54. The van der Waals surface area contributed by atoms with Crippen molar-refractivity contribution in [3.63, 3.8) is 0 Å². The summed E-state index contributed by atoms with van der Waals surface area (Å²) >= 11 is 0. The molecule has 0 amide bonds. The van der Waals surface area contributed by atoms with Crippen molar-refractivity contribution < 1.29 is 17.9 Å². The lowest BCUT2D eigenvalue weighted by molar-refractivity contribution is 0.336. The fourth-order valence-corrected chi connectivity index (χ4v) is 3.75. The number of ether oxygens (including phenoxy) is 1. The summed E-state index contributed by atoms with van der Waals surface area (Å²) in [4.78, 5) is 0. The molecule has 0 atom stereocenters. The Morgan fingerprint density at radius 2 is 1.74 bits per heavy atom. The second-order valence-corrected chi connectivity index (χ2v) is 7.19. The first-order chi connectivity index (χ1) is 13.0. The minimum Gasteiger partial charge on any atom is -0.494 e. The normalized spacial score (nSPS) is 20.2. The van der Waals surface area contributed by atoms with Gasteiger partial charge in [0.1, 0.15) is 11.6 Å². The van der Waals surface area contributed by atoms with Crippen LogP contribution in [0.15, 0.2) is 36.4 Å². The maximum atomic E-state index is 14.4. The monoisotopic (exact) mass is 374 g/mol. The van der Waals surface area contributed by atoms with Crippen LogP contribution in [-0.4, -0.2) is 6.61 Å². The van der Waals surface area contributed by atoms with Gasteiger partial charge in [0.15, 0.2) is 11.6 Å². The van der Waals surface area contributed by atoms with Gasteiger partial charge >= 0.3 is 0 Å². The molecule has 0 N–H and O–H groups in total. The summed E-state index contributed by atoms with van der Waals surface area (Å²) in [6, 6.07) is 8.29. The molecule has 3 rings (SSSR count). The lowest BCUT2D eigenvalue weighted by atomic mass is 9.78. The molecule has 144 valence electrons. The molecule has 0 heterocycles. The maximum absolute atomic E-state index is 14.4. The van der Waals surface area contributed by atoms with Gasteiger partial charge in [0, 0.05) is 11.6 Å². The van der Waals surface area contributed by atoms with E-state index in [4.69, 9.17) is 4.74 Å². The molecule has 1 nitrogen and oxygen atoms in total. The van der Waals surface area contributed by atoms with E-state index in [2.05, 4.69) is 0 Å².